The van der Waals surface area contributed by atoms with Crippen molar-refractivity contribution in [1.82, 2.24) is 9.97 Å². The summed E-state index contributed by atoms with van der Waals surface area (Å²) in [5.74, 6) is 0.700. The number of hydrogen-bond acceptors (Lipinski definition) is 2. The van der Waals surface area contributed by atoms with Gasteiger partial charge < -0.3 is 0 Å². The van der Waals surface area contributed by atoms with E-state index in [0.29, 0.717) is 5.82 Å². The maximum Gasteiger partial charge on any atom is 0.161 e. The first-order valence-electron chi connectivity index (χ1n) is 21.8. The van der Waals surface area contributed by atoms with Crippen molar-refractivity contribution in [1.29, 1.82) is 0 Å². The van der Waals surface area contributed by atoms with Crippen LogP contribution in [0, 0.1) is 0 Å². The second kappa shape index (κ2) is 14.6. The summed E-state index contributed by atoms with van der Waals surface area (Å²) in [6.45, 7) is 4.77. The fourth-order valence-electron chi connectivity index (χ4n) is 10.4. The zero-order chi connectivity index (χ0) is 42.1. The van der Waals surface area contributed by atoms with E-state index in [9.17, 15) is 0 Å². The zero-order valence-electron chi connectivity index (χ0n) is 35.2. The highest BCUT2D eigenvalue weighted by Crippen LogP contribution is 2.55. The summed E-state index contributed by atoms with van der Waals surface area (Å²) in [4.78, 5) is 10.7. The lowest BCUT2D eigenvalue weighted by Gasteiger charge is -2.23. The average molecular weight is 803 g/mol. The van der Waals surface area contributed by atoms with Crippen LogP contribution in [0.1, 0.15) is 25.0 Å². The van der Waals surface area contributed by atoms with E-state index in [1.807, 2.05) is 6.07 Å². The van der Waals surface area contributed by atoms with Crippen molar-refractivity contribution >= 4 is 32.3 Å². The fraction of sp³-hybridized carbons (Fsp3) is 0.0492. The molecule has 2 heteroatoms. The number of benzene rings is 10. The summed E-state index contributed by atoms with van der Waals surface area (Å²) >= 11 is 0. The summed E-state index contributed by atoms with van der Waals surface area (Å²) < 4.78 is 0. The second-order valence-corrected chi connectivity index (χ2v) is 17.2. The average Bonchev–Trinajstić information content (AvgIpc) is 3.60. The molecule has 10 aromatic carbocycles. The van der Waals surface area contributed by atoms with Gasteiger partial charge in [-0.3, -0.25) is 0 Å². The number of hydrogen-bond donors (Lipinski definition) is 0. The molecule has 0 unspecified atom stereocenters. The minimum absolute atomic E-state index is 0.131. The maximum atomic E-state index is 5.39. The Hall–Kier alpha value is -7.94. The molecule has 63 heavy (non-hydrogen) atoms. The third-order valence-corrected chi connectivity index (χ3v) is 13.3. The van der Waals surface area contributed by atoms with Gasteiger partial charge >= 0.3 is 0 Å². The molecule has 0 N–H and O–H groups in total. The molecule has 0 fully saturated rings. The summed E-state index contributed by atoms with van der Waals surface area (Å²) in [5.41, 5.74) is 17.5. The zero-order valence-corrected chi connectivity index (χ0v) is 35.2. The largest absolute Gasteiger partial charge is 0.228 e. The Kier molecular flexibility index (Phi) is 8.55. The van der Waals surface area contributed by atoms with Crippen molar-refractivity contribution < 1.29 is 0 Å². The lowest BCUT2D eigenvalue weighted by atomic mass is 9.80. The highest BCUT2D eigenvalue weighted by molar-refractivity contribution is 6.13. The van der Waals surface area contributed by atoms with E-state index < -0.39 is 0 Å². The van der Waals surface area contributed by atoms with Crippen molar-refractivity contribution in [3.63, 3.8) is 0 Å². The first kappa shape index (κ1) is 36.9. The van der Waals surface area contributed by atoms with Crippen molar-refractivity contribution in [2.75, 3.05) is 0 Å². The Morgan fingerprint density at radius 2 is 0.794 bits per heavy atom. The highest BCUT2D eigenvalue weighted by Gasteiger charge is 2.38. The molecule has 0 amide bonds. The fourth-order valence-corrected chi connectivity index (χ4v) is 10.4. The van der Waals surface area contributed by atoms with Gasteiger partial charge in [0.15, 0.2) is 5.82 Å². The summed E-state index contributed by atoms with van der Waals surface area (Å²) in [6.07, 6.45) is 0. The third-order valence-electron chi connectivity index (χ3n) is 13.3. The molecule has 11 aromatic rings. The minimum Gasteiger partial charge on any atom is -0.228 e. The van der Waals surface area contributed by atoms with Crippen LogP contribution in [-0.4, -0.2) is 9.97 Å². The van der Waals surface area contributed by atoms with Gasteiger partial charge in [-0.05, 0) is 100 Å². The van der Waals surface area contributed by atoms with Gasteiger partial charge in [-0.1, -0.05) is 220 Å². The van der Waals surface area contributed by atoms with Crippen molar-refractivity contribution in [3.8, 4) is 78.4 Å². The van der Waals surface area contributed by atoms with Gasteiger partial charge in [0.2, 0.25) is 0 Å². The lowest BCUT2D eigenvalue weighted by molar-refractivity contribution is 0.666. The van der Waals surface area contributed by atoms with E-state index >= 15 is 0 Å². The van der Waals surface area contributed by atoms with Crippen LogP contribution < -0.4 is 0 Å². The summed E-state index contributed by atoms with van der Waals surface area (Å²) in [5, 5.41) is 7.37. The number of rotatable bonds is 6. The number of nitrogens with zero attached hydrogens (tertiary/aromatic N) is 2. The van der Waals surface area contributed by atoms with Gasteiger partial charge in [0.1, 0.15) is 0 Å². The van der Waals surface area contributed by atoms with Crippen LogP contribution >= 0.6 is 0 Å². The van der Waals surface area contributed by atoms with Crippen LogP contribution in [0.15, 0.2) is 218 Å². The summed E-state index contributed by atoms with van der Waals surface area (Å²) in [7, 11) is 0. The normalized spacial score (nSPS) is 12.7. The molecule has 0 saturated carbocycles. The van der Waals surface area contributed by atoms with E-state index in [1.54, 1.807) is 0 Å². The van der Waals surface area contributed by atoms with Crippen LogP contribution in [0.3, 0.4) is 0 Å². The Morgan fingerprint density at radius 3 is 1.46 bits per heavy atom. The quantitative estimate of drug-likeness (QED) is 0.167. The van der Waals surface area contributed by atoms with Crippen molar-refractivity contribution in [3.05, 3.63) is 230 Å². The molecule has 0 bridgehead atoms. The molecule has 296 valence electrons. The first-order chi connectivity index (χ1) is 31.0. The molecular formula is C61H42N2. The SMILES string of the molecule is CC1(C)c2cccc(-c3ccc(-c4ccc(-c5nc(-c6ccccc6)cc(-c6ccccc6-c6ccccc6)n5)c5ccccc45)c4ccccc34)c2-c2ccc3ccccc3c21. The number of fused-ring (bicyclic) bond motifs is 7. The van der Waals surface area contributed by atoms with Gasteiger partial charge in [0.25, 0.3) is 0 Å². The topological polar surface area (TPSA) is 25.8 Å². The molecule has 1 heterocycles. The molecule has 0 radical (unpaired) electrons. The van der Waals surface area contributed by atoms with E-state index in [-0.39, 0.29) is 5.41 Å². The molecule has 12 rings (SSSR count). The molecular weight excluding hydrogens is 761 g/mol. The van der Waals surface area contributed by atoms with E-state index in [2.05, 4.69) is 226 Å². The third kappa shape index (κ3) is 5.94. The molecule has 1 aromatic heterocycles. The van der Waals surface area contributed by atoms with E-state index in [1.165, 1.54) is 66.1 Å². The molecule has 0 atom stereocenters. The Bertz CT molecular complexity index is 3580. The molecule has 0 aliphatic heterocycles. The monoisotopic (exact) mass is 802 g/mol. The Balaban J connectivity index is 1.03. The molecule has 0 spiro atoms. The van der Waals surface area contributed by atoms with Crippen LogP contribution in [-0.2, 0) is 5.41 Å². The first-order valence-corrected chi connectivity index (χ1v) is 21.8. The molecule has 2 nitrogen and oxygen atoms in total. The van der Waals surface area contributed by atoms with Gasteiger partial charge in [0.05, 0.1) is 11.4 Å². The van der Waals surface area contributed by atoms with Crippen LogP contribution in [0.25, 0.3) is 111 Å². The van der Waals surface area contributed by atoms with Crippen LogP contribution in [0.2, 0.25) is 0 Å². The standard InChI is InChI=1S/C61H42N2/c1-61(2)55-31-17-30-52(58(55)54-33-32-40-20-9-10-24-43(40)59(54)61)50-35-34-48(44-25-12-13-26-45(44)50)49-36-37-53(47-28-15-14-27-46(47)49)60-62-56(41-21-7-4-8-22-41)38-57(63-60)51-29-16-11-23-42(51)39-18-5-3-6-19-39/h3-38H,1-2H3. The van der Waals surface area contributed by atoms with Gasteiger partial charge in [0, 0.05) is 22.1 Å². The van der Waals surface area contributed by atoms with Gasteiger partial charge in [-0.2, -0.15) is 0 Å². The van der Waals surface area contributed by atoms with Gasteiger partial charge in [-0.25, -0.2) is 9.97 Å². The molecule has 1 aliphatic carbocycles. The van der Waals surface area contributed by atoms with Crippen LogP contribution in [0.5, 0.6) is 0 Å². The van der Waals surface area contributed by atoms with Crippen LogP contribution in [0.4, 0.5) is 0 Å². The predicted octanol–water partition coefficient (Wildman–Crippen LogP) is 16.2. The highest BCUT2D eigenvalue weighted by atomic mass is 14.9. The molecule has 0 saturated heterocycles. The Labute approximate surface area is 367 Å². The Morgan fingerprint density at radius 1 is 0.317 bits per heavy atom. The number of aromatic nitrogens is 2. The van der Waals surface area contributed by atoms with Gasteiger partial charge in [-0.15, -0.1) is 0 Å². The minimum atomic E-state index is -0.131. The van der Waals surface area contributed by atoms with Crippen molar-refractivity contribution in [2.24, 2.45) is 0 Å². The summed E-state index contributed by atoms with van der Waals surface area (Å²) in [6, 6.07) is 78.9. The van der Waals surface area contributed by atoms with Crippen molar-refractivity contribution in [2.45, 2.75) is 19.3 Å². The second-order valence-electron chi connectivity index (χ2n) is 17.2. The smallest absolute Gasteiger partial charge is 0.161 e. The predicted molar refractivity (Wildman–Crippen MR) is 265 cm³/mol. The molecule has 1 aliphatic rings. The van der Waals surface area contributed by atoms with E-state index in [0.717, 1.165) is 50.0 Å². The maximum absolute atomic E-state index is 5.39. The lowest BCUT2D eigenvalue weighted by Crippen LogP contribution is -2.15. The van der Waals surface area contributed by atoms with E-state index in [4.69, 9.17) is 9.97 Å².